The van der Waals surface area contributed by atoms with Crippen LogP contribution >= 0.6 is 23.2 Å². The van der Waals surface area contributed by atoms with E-state index in [1.54, 1.807) is 12.1 Å². The number of nitrogens with one attached hydrogen (secondary N) is 1. The van der Waals surface area contributed by atoms with Gasteiger partial charge in [0.2, 0.25) is 0 Å². The van der Waals surface area contributed by atoms with Crippen molar-refractivity contribution in [2.24, 2.45) is 22.7 Å². The van der Waals surface area contributed by atoms with Gasteiger partial charge in [-0.05, 0) is 80.0 Å². The van der Waals surface area contributed by atoms with E-state index in [0.717, 1.165) is 43.4 Å². The molecule has 1 heterocycles. The van der Waals surface area contributed by atoms with Gasteiger partial charge in [-0.2, -0.15) is 4.79 Å². The Bertz CT molecular complexity index is 1160. The number of hydrogen-bond acceptors (Lipinski definition) is 2. The number of nitrogens with zero attached hydrogens (tertiary/aromatic N) is 2. The van der Waals surface area contributed by atoms with Crippen LogP contribution in [0.4, 0.5) is 0 Å². The Morgan fingerprint density at radius 3 is 2.62 bits per heavy atom. The molecule has 2 aromatic rings. The molecule has 5 nitrogen and oxygen atoms in total. The second-order valence-electron chi connectivity index (χ2n) is 11.3. The topological polar surface area (TPSA) is 78.6 Å². The van der Waals surface area contributed by atoms with Crippen LogP contribution in [0, 0.1) is 22.7 Å². The number of rotatable bonds is 6. The van der Waals surface area contributed by atoms with E-state index >= 15 is 0 Å². The molecule has 0 saturated heterocycles. The summed E-state index contributed by atoms with van der Waals surface area (Å²) in [4.78, 5) is 16.0. The summed E-state index contributed by atoms with van der Waals surface area (Å²) >= 11 is 13.0. The number of carbonyl (C=O) groups excluding carboxylic acids is 1. The normalized spacial score (nSPS) is 33.4. The highest BCUT2D eigenvalue weighted by atomic mass is 35.5. The summed E-state index contributed by atoms with van der Waals surface area (Å²) in [6.45, 7) is 6.93. The molecule has 7 heteroatoms. The van der Waals surface area contributed by atoms with Gasteiger partial charge in [0.25, 0.3) is 11.6 Å². The van der Waals surface area contributed by atoms with Gasteiger partial charge in [0, 0.05) is 11.5 Å². The molecule has 4 fully saturated rings. The molecule has 4 saturated carbocycles. The van der Waals surface area contributed by atoms with Crippen LogP contribution < -0.4 is 5.32 Å². The minimum atomic E-state index is -0.168. The molecule has 1 aromatic heterocycles. The highest BCUT2D eigenvalue weighted by Gasteiger charge is 2.73. The standard InChI is InChI=1S/C27H31Cl2N3O2/c1-25(2)21-14-27(25,18-6-4-7-19(28)23(18)29)15-22(32-30)26(21,3)10-9-16-12-17(13-16)31-24(33)20-8-5-11-34-20/h4-8,11,16-17,21H,9-10,12-15H2,1-3H3,(H,31,33). The number of benzene rings is 1. The Kier molecular flexibility index (Phi) is 5.75. The lowest BCUT2D eigenvalue weighted by Crippen LogP contribution is -2.70. The van der Waals surface area contributed by atoms with E-state index < -0.39 is 0 Å². The van der Waals surface area contributed by atoms with Crippen LogP contribution in [0.5, 0.6) is 0 Å². The van der Waals surface area contributed by atoms with Crippen molar-refractivity contribution in [1.82, 2.24) is 5.32 Å². The monoisotopic (exact) mass is 499 g/mol. The first kappa shape index (κ1) is 23.7. The molecule has 1 N–H and O–H groups in total. The molecular weight excluding hydrogens is 469 g/mol. The molecule has 1 aromatic carbocycles. The second-order valence-corrected chi connectivity index (χ2v) is 12.1. The third-order valence-corrected chi connectivity index (χ3v) is 10.3. The maximum Gasteiger partial charge on any atom is 0.287 e. The lowest BCUT2D eigenvalue weighted by atomic mass is 9.31. The maximum atomic E-state index is 12.2. The molecule has 6 rings (SSSR count). The summed E-state index contributed by atoms with van der Waals surface area (Å²) in [5.74, 6) is 1.17. The van der Waals surface area contributed by atoms with Crippen molar-refractivity contribution in [3.63, 3.8) is 0 Å². The molecule has 0 spiro atoms. The summed E-state index contributed by atoms with van der Waals surface area (Å²) in [6, 6.07) is 9.47. The lowest BCUT2D eigenvalue weighted by molar-refractivity contribution is -0.154. The number of hydrogen-bond donors (Lipinski definition) is 1. The predicted molar refractivity (Wildman–Crippen MR) is 133 cm³/mol. The van der Waals surface area contributed by atoms with Gasteiger partial charge in [-0.25, -0.2) is 0 Å². The number of amides is 1. The Hall–Kier alpha value is -2.07. The van der Waals surface area contributed by atoms with E-state index in [-0.39, 0.29) is 28.2 Å². The van der Waals surface area contributed by atoms with Gasteiger partial charge in [-0.3, -0.25) is 4.79 Å². The third-order valence-electron chi connectivity index (χ3n) is 9.53. The molecule has 2 bridgehead atoms. The highest BCUT2D eigenvalue weighted by Crippen LogP contribution is 2.73. The van der Waals surface area contributed by atoms with Crippen LogP contribution in [0.2, 0.25) is 10.0 Å². The largest absolute Gasteiger partial charge is 0.459 e. The molecule has 3 unspecified atom stereocenters. The quantitative estimate of drug-likeness (QED) is 0.344. The van der Waals surface area contributed by atoms with Crippen molar-refractivity contribution in [3.8, 4) is 0 Å². The summed E-state index contributed by atoms with van der Waals surface area (Å²) in [5.41, 5.74) is 11.7. The van der Waals surface area contributed by atoms with Crippen molar-refractivity contribution in [2.45, 2.75) is 70.8 Å². The SMILES string of the molecule is CC1(CCC2CC(NC(=O)c3ccco3)C2)C(=[N+]=[N-])CC2(c3cccc(Cl)c3Cl)CC1C2(C)C. The van der Waals surface area contributed by atoms with Crippen molar-refractivity contribution < 1.29 is 14.0 Å². The van der Waals surface area contributed by atoms with Crippen LogP contribution in [0.3, 0.4) is 0 Å². The van der Waals surface area contributed by atoms with Gasteiger partial charge in [0.1, 0.15) is 0 Å². The Morgan fingerprint density at radius 1 is 1.21 bits per heavy atom. The molecule has 4 aliphatic rings. The van der Waals surface area contributed by atoms with E-state index in [2.05, 4.69) is 36.9 Å². The summed E-state index contributed by atoms with van der Waals surface area (Å²) in [5, 5.41) is 4.25. The highest BCUT2D eigenvalue weighted by molar-refractivity contribution is 6.42. The van der Waals surface area contributed by atoms with Gasteiger partial charge in [-0.15, -0.1) is 0 Å². The van der Waals surface area contributed by atoms with E-state index in [9.17, 15) is 10.3 Å². The number of fused-ring (bicyclic) bond motifs is 2. The lowest BCUT2D eigenvalue weighted by Gasteiger charge is -2.69. The average molecular weight is 500 g/mol. The summed E-state index contributed by atoms with van der Waals surface area (Å²) in [6.07, 6.45) is 7.21. The molecule has 180 valence electrons. The summed E-state index contributed by atoms with van der Waals surface area (Å²) in [7, 11) is 0. The molecular formula is C27H31Cl2N3O2. The van der Waals surface area contributed by atoms with Crippen LogP contribution in [0.1, 0.15) is 75.4 Å². The first-order valence-corrected chi connectivity index (χ1v) is 12.9. The zero-order valence-corrected chi connectivity index (χ0v) is 21.4. The summed E-state index contributed by atoms with van der Waals surface area (Å²) < 4.78 is 5.18. The van der Waals surface area contributed by atoms with E-state index in [1.807, 2.05) is 12.1 Å². The van der Waals surface area contributed by atoms with Crippen LogP contribution in [0.25, 0.3) is 5.53 Å². The minimum absolute atomic E-state index is 0.00340. The minimum Gasteiger partial charge on any atom is -0.459 e. The van der Waals surface area contributed by atoms with Crippen molar-refractivity contribution in [3.05, 3.63) is 63.5 Å². The maximum absolute atomic E-state index is 12.2. The van der Waals surface area contributed by atoms with E-state index in [1.165, 1.54) is 6.26 Å². The number of furan rings is 1. The second kappa shape index (κ2) is 8.26. The smallest absolute Gasteiger partial charge is 0.287 e. The molecule has 1 amide bonds. The fourth-order valence-corrected chi connectivity index (χ4v) is 7.71. The number of halogens is 2. The Balaban J connectivity index is 1.26. The predicted octanol–water partition coefficient (Wildman–Crippen LogP) is 6.94. The van der Waals surface area contributed by atoms with Crippen molar-refractivity contribution in [1.29, 1.82) is 0 Å². The van der Waals surface area contributed by atoms with Crippen molar-refractivity contribution in [2.75, 3.05) is 0 Å². The van der Waals surface area contributed by atoms with E-state index in [0.29, 0.717) is 34.1 Å². The average Bonchev–Trinajstić information content (AvgIpc) is 3.32. The first-order chi connectivity index (χ1) is 16.1. The van der Waals surface area contributed by atoms with Gasteiger partial charge < -0.3 is 15.3 Å². The first-order valence-electron chi connectivity index (χ1n) is 12.1. The molecule has 3 atom stereocenters. The van der Waals surface area contributed by atoms with Gasteiger partial charge in [-0.1, -0.05) is 49.2 Å². The Labute approximate surface area is 210 Å². The zero-order valence-electron chi connectivity index (χ0n) is 19.9. The van der Waals surface area contributed by atoms with Crippen LogP contribution in [-0.2, 0) is 5.41 Å². The molecule has 34 heavy (non-hydrogen) atoms. The molecule has 0 aliphatic heterocycles. The van der Waals surface area contributed by atoms with E-state index in [4.69, 9.17) is 27.6 Å². The van der Waals surface area contributed by atoms with Gasteiger partial charge >= 0.3 is 0 Å². The van der Waals surface area contributed by atoms with Crippen molar-refractivity contribution >= 4 is 34.8 Å². The van der Waals surface area contributed by atoms with Gasteiger partial charge in [0.15, 0.2) is 5.76 Å². The Morgan fingerprint density at radius 2 is 1.97 bits per heavy atom. The van der Waals surface area contributed by atoms with Crippen LogP contribution in [0.15, 0.2) is 41.0 Å². The fraction of sp³-hybridized carbons (Fsp3) is 0.556. The van der Waals surface area contributed by atoms with Crippen LogP contribution in [-0.4, -0.2) is 22.5 Å². The molecule has 4 aliphatic carbocycles. The number of carbonyl (C=O) groups is 1. The molecule has 0 radical (unpaired) electrons. The fourth-order valence-electron chi connectivity index (χ4n) is 7.23. The van der Waals surface area contributed by atoms with Gasteiger partial charge in [0.05, 0.1) is 28.1 Å². The third kappa shape index (κ3) is 3.39. The zero-order chi connectivity index (χ0) is 24.3.